The molecule has 0 saturated carbocycles. The van der Waals surface area contributed by atoms with E-state index in [4.69, 9.17) is 17.1 Å². The van der Waals surface area contributed by atoms with Gasteiger partial charge < -0.3 is 21.3 Å². The Morgan fingerprint density at radius 3 is 1.88 bits per heavy atom. The first-order chi connectivity index (χ1) is 12.1. The Hall–Kier alpha value is -1.20. The number of nitriles is 1. The predicted molar refractivity (Wildman–Crippen MR) is 98.2 cm³/mol. The second kappa shape index (κ2) is 16.0. The van der Waals surface area contributed by atoms with E-state index in [-0.39, 0.29) is 47.9 Å². The van der Waals surface area contributed by atoms with Gasteiger partial charge in [0.1, 0.15) is 9.75 Å². The van der Waals surface area contributed by atoms with Crippen LogP contribution in [-0.4, -0.2) is 26.2 Å². The number of alkyl halides is 1. The zero-order valence-corrected chi connectivity index (χ0v) is 19.7. The molecule has 0 aromatic carbocycles. The zero-order chi connectivity index (χ0) is 19.2. The van der Waals surface area contributed by atoms with Gasteiger partial charge in [-0.25, -0.2) is 9.59 Å². The van der Waals surface area contributed by atoms with E-state index in [1.807, 2.05) is 17.5 Å². The predicted octanol–water partition coefficient (Wildman–Crippen LogP) is 1.13. The van der Waals surface area contributed by atoms with Crippen LogP contribution in [0.2, 0.25) is 0 Å². The van der Waals surface area contributed by atoms with Crippen LogP contribution in [0.4, 0.5) is 0 Å². The Morgan fingerprint density at radius 1 is 1.08 bits per heavy atom. The summed E-state index contributed by atoms with van der Waals surface area (Å²) in [6, 6.07) is 5.66. The van der Waals surface area contributed by atoms with Crippen molar-refractivity contribution >= 4 is 50.5 Å². The summed E-state index contributed by atoms with van der Waals surface area (Å²) in [5.41, 5.74) is 1.73. The summed E-state index contributed by atoms with van der Waals surface area (Å²) in [6.45, 7) is 4.75. The van der Waals surface area contributed by atoms with Gasteiger partial charge in [0, 0.05) is 5.33 Å². The van der Waals surface area contributed by atoms with Crippen LogP contribution >= 0.6 is 38.6 Å². The SMILES string of the molecule is COC(=O)c1sccc1CBr.COC(=O)c1sccc1CC#N.[C-]#N.[Na+]. The van der Waals surface area contributed by atoms with Crippen molar-refractivity contribution in [2.24, 2.45) is 0 Å². The summed E-state index contributed by atoms with van der Waals surface area (Å²) in [5.74, 6) is -0.621. The van der Waals surface area contributed by atoms with Gasteiger partial charge in [-0.2, -0.15) is 5.26 Å². The van der Waals surface area contributed by atoms with Crippen LogP contribution in [0.25, 0.3) is 0 Å². The Kier molecular flexibility index (Phi) is 16.6. The molecule has 0 unspecified atom stereocenters. The number of carbonyl (C=O) groups excluding carboxylic acids is 2. The molecule has 0 aliphatic heterocycles. The summed E-state index contributed by atoms with van der Waals surface area (Å²) in [7, 11) is 2.72. The maximum Gasteiger partial charge on any atom is 1.00 e. The minimum atomic E-state index is -0.366. The third kappa shape index (κ3) is 8.45. The van der Waals surface area contributed by atoms with Crippen LogP contribution < -0.4 is 29.6 Å². The van der Waals surface area contributed by atoms with Gasteiger partial charge in [0.25, 0.3) is 0 Å². The fraction of sp³-hybridized carbons (Fsp3) is 0.250. The molecule has 132 valence electrons. The van der Waals surface area contributed by atoms with Gasteiger partial charge in [-0.05, 0) is 34.0 Å². The molecule has 6 nitrogen and oxygen atoms in total. The van der Waals surface area contributed by atoms with Crippen molar-refractivity contribution in [2.45, 2.75) is 11.8 Å². The maximum absolute atomic E-state index is 11.0. The number of esters is 2. The minimum Gasteiger partial charge on any atom is -0.512 e. The molecule has 26 heavy (non-hydrogen) atoms. The third-order valence-corrected chi connectivity index (χ3v) is 5.13. The fourth-order valence-electron chi connectivity index (χ4n) is 1.54. The van der Waals surface area contributed by atoms with Crippen LogP contribution in [-0.2, 0) is 21.2 Å². The van der Waals surface area contributed by atoms with Gasteiger partial charge in [-0.3, -0.25) is 0 Å². The van der Waals surface area contributed by atoms with Crippen molar-refractivity contribution in [3.63, 3.8) is 0 Å². The Balaban J connectivity index is 0. The molecule has 2 rings (SSSR count). The van der Waals surface area contributed by atoms with E-state index in [9.17, 15) is 9.59 Å². The van der Waals surface area contributed by atoms with Gasteiger partial charge in [-0.15, -0.1) is 22.7 Å². The topological polar surface area (TPSA) is 100 Å². The van der Waals surface area contributed by atoms with Crippen molar-refractivity contribution in [1.82, 2.24) is 0 Å². The van der Waals surface area contributed by atoms with Gasteiger partial charge in [0.05, 0.1) is 26.7 Å². The maximum atomic E-state index is 11.0. The third-order valence-electron chi connectivity index (χ3n) is 2.65. The molecule has 0 spiro atoms. The molecule has 0 atom stereocenters. The number of carbonyl (C=O) groups is 2. The van der Waals surface area contributed by atoms with Crippen molar-refractivity contribution in [3.8, 4) is 6.07 Å². The minimum absolute atomic E-state index is 0. The molecular formula is C16H14BrN2NaO4S2. The molecule has 0 bridgehead atoms. The number of nitrogens with zero attached hydrogens (tertiary/aromatic N) is 2. The Labute approximate surface area is 190 Å². The molecule has 0 fully saturated rings. The molecule has 2 heterocycles. The molecule has 2 aromatic heterocycles. The monoisotopic (exact) mass is 464 g/mol. The number of hydrogen-bond donors (Lipinski definition) is 0. The summed E-state index contributed by atoms with van der Waals surface area (Å²) < 4.78 is 9.13. The molecule has 10 heteroatoms. The molecule has 0 aliphatic rings. The molecule has 0 N–H and O–H groups in total. The summed E-state index contributed by atoms with van der Waals surface area (Å²) in [6.07, 6.45) is 0.258. The fourth-order valence-corrected chi connectivity index (χ4v) is 3.88. The van der Waals surface area contributed by atoms with Crippen LogP contribution in [0.3, 0.4) is 0 Å². The van der Waals surface area contributed by atoms with Crippen LogP contribution in [0.15, 0.2) is 22.9 Å². The summed E-state index contributed by atoms with van der Waals surface area (Å²) in [5, 5.41) is 19.0. The number of rotatable bonds is 4. The van der Waals surface area contributed by atoms with E-state index in [1.54, 1.807) is 11.4 Å². The van der Waals surface area contributed by atoms with Crippen molar-refractivity contribution in [1.29, 1.82) is 10.5 Å². The van der Waals surface area contributed by atoms with E-state index in [0.717, 1.165) is 11.1 Å². The summed E-state index contributed by atoms with van der Waals surface area (Å²) in [4.78, 5) is 23.3. The largest absolute Gasteiger partial charge is 1.00 e. The molecule has 2 aromatic rings. The Morgan fingerprint density at radius 2 is 1.50 bits per heavy atom. The van der Waals surface area contributed by atoms with E-state index in [2.05, 4.69) is 25.4 Å². The second-order valence-corrected chi connectivity index (χ2v) is 6.39. The summed E-state index contributed by atoms with van der Waals surface area (Å²) >= 11 is 5.98. The average molecular weight is 465 g/mol. The van der Waals surface area contributed by atoms with Gasteiger partial charge in [0.15, 0.2) is 0 Å². The molecule has 0 radical (unpaired) electrons. The first-order valence-corrected chi connectivity index (χ1v) is 9.41. The van der Waals surface area contributed by atoms with E-state index in [0.29, 0.717) is 15.1 Å². The Bertz CT molecular complexity index is 753. The van der Waals surface area contributed by atoms with Gasteiger partial charge in [-0.1, -0.05) is 15.9 Å². The number of hydrogen-bond acceptors (Lipinski definition) is 8. The molecule has 0 saturated heterocycles. The average Bonchev–Trinajstić information content (AvgIpc) is 3.32. The quantitative estimate of drug-likeness (QED) is 0.291. The van der Waals surface area contributed by atoms with E-state index < -0.39 is 0 Å². The zero-order valence-electron chi connectivity index (χ0n) is 14.4. The van der Waals surface area contributed by atoms with E-state index >= 15 is 0 Å². The van der Waals surface area contributed by atoms with Crippen LogP contribution in [0.1, 0.15) is 30.5 Å². The van der Waals surface area contributed by atoms with Crippen molar-refractivity contribution in [2.75, 3.05) is 14.2 Å². The van der Waals surface area contributed by atoms with Gasteiger partial charge >= 0.3 is 41.5 Å². The number of ether oxygens (including phenoxy) is 2. The van der Waals surface area contributed by atoms with Crippen molar-refractivity contribution in [3.05, 3.63) is 50.3 Å². The van der Waals surface area contributed by atoms with Crippen molar-refractivity contribution < 1.29 is 48.6 Å². The van der Waals surface area contributed by atoms with E-state index in [1.165, 1.54) is 36.9 Å². The molecule has 0 aliphatic carbocycles. The smallest absolute Gasteiger partial charge is 0.512 e. The number of methoxy groups -OCH3 is 2. The normalized spacial score (nSPS) is 8.31. The first kappa shape index (κ1) is 27.0. The van der Waals surface area contributed by atoms with Gasteiger partial charge in [0.2, 0.25) is 0 Å². The standard InChI is InChI=1S/C8H7NO2S.C7H7BrO2S.CN.Na/c1-11-8(10)7-6(2-4-9)3-5-12-7;1-10-7(9)6-5(4-8)2-3-11-6;1-2;/h3,5H,2H2,1H3;2-3H,4H2,1H3;;/q;;-1;+1. The number of halogens is 1. The first-order valence-electron chi connectivity index (χ1n) is 6.53. The van der Waals surface area contributed by atoms with Crippen LogP contribution in [0.5, 0.6) is 0 Å². The molecular weight excluding hydrogens is 451 g/mol. The molecule has 0 amide bonds. The number of thiophene rings is 2. The second-order valence-electron chi connectivity index (χ2n) is 4.00. The van der Waals surface area contributed by atoms with Crippen LogP contribution in [0, 0.1) is 23.2 Å².